The van der Waals surface area contributed by atoms with Crippen molar-refractivity contribution < 1.29 is 4.79 Å². The van der Waals surface area contributed by atoms with Gasteiger partial charge in [0, 0.05) is 18.0 Å². The SMILES string of the molecule is CCCCNC(=O)N(CC)Cc1cccs1. The van der Waals surface area contributed by atoms with Gasteiger partial charge in [0.15, 0.2) is 0 Å². The normalized spacial score (nSPS) is 10.1. The molecule has 0 aromatic carbocycles. The second kappa shape index (κ2) is 7.28. The largest absolute Gasteiger partial charge is 0.338 e. The summed E-state index contributed by atoms with van der Waals surface area (Å²) >= 11 is 1.69. The van der Waals surface area contributed by atoms with Crippen LogP contribution in [-0.4, -0.2) is 24.0 Å². The van der Waals surface area contributed by atoms with Crippen LogP contribution in [0.3, 0.4) is 0 Å². The second-order valence-electron chi connectivity index (χ2n) is 3.68. The third kappa shape index (κ3) is 4.23. The van der Waals surface area contributed by atoms with Crippen LogP contribution in [0.15, 0.2) is 17.5 Å². The molecule has 0 radical (unpaired) electrons. The molecule has 0 aliphatic carbocycles. The minimum atomic E-state index is 0.0457. The summed E-state index contributed by atoms with van der Waals surface area (Å²) in [4.78, 5) is 14.9. The smallest absolute Gasteiger partial charge is 0.317 e. The molecule has 2 amide bonds. The van der Waals surface area contributed by atoms with Gasteiger partial charge in [-0.15, -0.1) is 11.3 Å². The van der Waals surface area contributed by atoms with Crippen LogP contribution in [0.2, 0.25) is 0 Å². The van der Waals surface area contributed by atoms with Gasteiger partial charge >= 0.3 is 6.03 Å². The van der Waals surface area contributed by atoms with E-state index in [1.54, 1.807) is 11.3 Å². The summed E-state index contributed by atoms with van der Waals surface area (Å²) in [6.45, 7) is 6.36. The van der Waals surface area contributed by atoms with Gasteiger partial charge in [0.2, 0.25) is 0 Å². The third-order valence-electron chi connectivity index (χ3n) is 2.40. The lowest BCUT2D eigenvalue weighted by atomic mass is 10.3. The first-order valence-corrected chi connectivity index (χ1v) is 6.71. The molecule has 0 unspecified atom stereocenters. The Hall–Kier alpha value is -1.03. The summed E-state index contributed by atoms with van der Waals surface area (Å²) in [5.74, 6) is 0. The van der Waals surface area contributed by atoms with Crippen LogP contribution in [0.25, 0.3) is 0 Å². The summed E-state index contributed by atoms with van der Waals surface area (Å²) in [5, 5.41) is 4.98. The molecule has 1 aromatic rings. The highest BCUT2D eigenvalue weighted by Gasteiger charge is 2.11. The van der Waals surface area contributed by atoms with Gasteiger partial charge in [-0.25, -0.2) is 4.79 Å². The van der Waals surface area contributed by atoms with Crippen LogP contribution in [0.4, 0.5) is 4.79 Å². The third-order valence-corrected chi connectivity index (χ3v) is 3.26. The van der Waals surface area contributed by atoms with E-state index in [0.717, 1.165) is 25.9 Å². The van der Waals surface area contributed by atoms with Gasteiger partial charge in [0.1, 0.15) is 0 Å². The second-order valence-corrected chi connectivity index (χ2v) is 4.71. The number of nitrogens with zero attached hydrogens (tertiary/aromatic N) is 1. The highest BCUT2D eigenvalue weighted by molar-refractivity contribution is 7.09. The molecule has 1 N–H and O–H groups in total. The number of unbranched alkanes of at least 4 members (excludes halogenated alkanes) is 1. The predicted octanol–water partition coefficient (Wildman–Crippen LogP) is 3.08. The number of nitrogens with one attached hydrogen (secondary N) is 1. The Kier molecular flexibility index (Phi) is 5.93. The molecular weight excluding hydrogens is 220 g/mol. The standard InChI is InChI=1S/C12H20N2OS/c1-3-5-8-13-12(15)14(4-2)10-11-7-6-9-16-11/h6-7,9H,3-5,8,10H2,1-2H3,(H,13,15). The van der Waals surface area contributed by atoms with E-state index < -0.39 is 0 Å². The minimum absolute atomic E-state index is 0.0457. The van der Waals surface area contributed by atoms with Gasteiger partial charge in [-0.05, 0) is 24.8 Å². The molecule has 0 atom stereocenters. The fourth-order valence-corrected chi connectivity index (χ4v) is 2.12. The van der Waals surface area contributed by atoms with Gasteiger partial charge in [-0.2, -0.15) is 0 Å². The number of hydrogen-bond donors (Lipinski definition) is 1. The van der Waals surface area contributed by atoms with Gasteiger partial charge < -0.3 is 10.2 Å². The molecule has 4 heteroatoms. The van der Waals surface area contributed by atoms with Crippen molar-refractivity contribution in [2.75, 3.05) is 13.1 Å². The fourth-order valence-electron chi connectivity index (χ4n) is 1.40. The van der Waals surface area contributed by atoms with Crippen LogP contribution in [0, 0.1) is 0 Å². The van der Waals surface area contributed by atoms with Crippen molar-refractivity contribution in [3.63, 3.8) is 0 Å². The fraction of sp³-hybridized carbons (Fsp3) is 0.583. The predicted molar refractivity (Wildman–Crippen MR) is 68.7 cm³/mol. The molecule has 0 fully saturated rings. The molecule has 0 aliphatic heterocycles. The molecule has 1 aromatic heterocycles. The Morgan fingerprint density at radius 2 is 2.31 bits per heavy atom. The summed E-state index contributed by atoms with van der Waals surface area (Å²) in [6, 6.07) is 4.12. The molecule has 0 aliphatic rings. The number of rotatable bonds is 6. The highest BCUT2D eigenvalue weighted by Crippen LogP contribution is 2.11. The Labute approximate surface area is 101 Å². The maximum Gasteiger partial charge on any atom is 0.317 e. The molecule has 90 valence electrons. The molecular formula is C12H20N2OS. The lowest BCUT2D eigenvalue weighted by Crippen LogP contribution is -2.39. The van der Waals surface area contributed by atoms with Crippen molar-refractivity contribution in [3.05, 3.63) is 22.4 Å². The van der Waals surface area contributed by atoms with E-state index in [0.29, 0.717) is 6.54 Å². The first kappa shape index (κ1) is 13.0. The first-order valence-electron chi connectivity index (χ1n) is 5.83. The number of amides is 2. The van der Waals surface area contributed by atoms with Crippen molar-refractivity contribution >= 4 is 17.4 Å². The zero-order valence-corrected chi connectivity index (χ0v) is 10.8. The zero-order chi connectivity index (χ0) is 11.8. The van der Waals surface area contributed by atoms with Crippen LogP contribution < -0.4 is 5.32 Å². The lowest BCUT2D eigenvalue weighted by molar-refractivity contribution is 0.198. The topological polar surface area (TPSA) is 32.3 Å². The lowest BCUT2D eigenvalue weighted by Gasteiger charge is -2.20. The van der Waals surface area contributed by atoms with Gasteiger partial charge in [0.25, 0.3) is 0 Å². The van der Waals surface area contributed by atoms with Gasteiger partial charge in [0.05, 0.1) is 6.54 Å². The summed E-state index contributed by atoms with van der Waals surface area (Å²) in [6.07, 6.45) is 2.15. The van der Waals surface area contributed by atoms with E-state index in [9.17, 15) is 4.79 Å². The molecule has 1 rings (SSSR count). The van der Waals surface area contributed by atoms with Crippen LogP contribution in [0.1, 0.15) is 31.6 Å². The van der Waals surface area contributed by atoms with Crippen molar-refractivity contribution in [3.8, 4) is 0 Å². The maximum atomic E-state index is 11.8. The Bertz CT molecular complexity index is 298. The number of thiophene rings is 1. The van der Waals surface area contributed by atoms with Crippen LogP contribution >= 0.6 is 11.3 Å². The average molecular weight is 240 g/mol. The quantitative estimate of drug-likeness (QED) is 0.761. The maximum absolute atomic E-state index is 11.8. The Balaban J connectivity index is 2.38. The molecule has 0 saturated heterocycles. The molecule has 3 nitrogen and oxygen atoms in total. The van der Waals surface area contributed by atoms with E-state index >= 15 is 0 Å². The molecule has 0 spiro atoms. The highest BCUT2D eigenvalue weighted by atomic mass is 32.1. The van der Waals surface area contributed by atoms with E-state index in [2.05, 4.69) is 18.3 Å². The summed E-state index contributed by atoms with van der Waals surface area (Å²) < 4.78 is 0. The Morgan fingerprint density at radius 3 is 2.88 bits per heavy atom. The number of urea groups is 1. The van der Waals surface area contributed by atoms with Crippen molar-refractivity contribution in [1.82, 2.24) is 10.2 Å². The minimum Gasteiger partial charge on any atom is -0.338 e. The summed E-state index contributed by atoms with van der Waals surface area (Å²) in [7, 11) is 0. The van der Waals surface area contributed by atoms with Crippen molar-refractivity contribution in [2.24, 2.45) is 0 Å². The van der Waals surface area contributed by atoms with Crippen LogP contribution in [0.5, 0.6) is 0 Å². The summed E-state index contributed by atoms with van der Waals surface area (Å²) in [5.41, 5.74) is 0. The average Bonchev–Trinajstić information content (AvgIpc) is 2.78. The first-order chi connectivity index (χ1) is 7.77. The molecule has 0 saturated carbocycles. The Morgan fingerprint density at radius 1 is 1.50 bits per heavy atom. The van der Waals surface area contributed by atoms with Crippen molar-refractivity contribution in [1.29, 1.82) is 0 Å². The monoisotopic (exact) mass is 240 g/mol. The van der Waals surface area contributed by atoms with E-state index in [1.165, 1.54) is 4.88 Å². The number of carbonyl (C=O) groups excluding carboxylic acids is 1. The molecule has 16 heavy (non-hydrogen) atoms. The van der Waals surface area contributed by atoms with E-state index in [4.69, 9.17) is 0 Å². The zero-order valence-electron chi connectivity index (χ0n) is 10.0. The van der Waals surface area contributed by atoms with Crippen molar-refractivity contribution in [2.45, 2.75) is 33.2 Å². The number of hydrogen-bond acceptors (Lipinski definition) is 2. The molecule has 1 heterocycles. The van der Waals surface area contributed by atoms with Gasteiger partial charge in [-0.1, -0.05) is 19.4 Å². The van der Waals surface area contributed by atoms with Crippen LogP contribution in [-0.2, 0) is 6.54 Å². The van der Waals surface area contributed by atoms with Gasteiger partial charge in [-0.3, -0.25) is 0 Å². The van der Waals surface area contributed by atoms with E-state index in [-0.39, 0.29) is 6.03 Å². The van der Waals surface area contributed by atoms with E-state index in [1.807, 2.05) is 23.3 Å². The molecule has 0 bridgehead atoms. The number of carbonyl (C=O) groups is 1.